The fourth-order valence-corrected chi connectivity index (χ4v) is 3.18. The first-order valence-electron chi connectivity index (χ1n) is 6.27. The number of aromatic nitrogens is 1. The fraction of sp³-hybridized carbons (Fsp3) is 0.214. The van der Waals surface area contributed by atoms with Crippen LogP contribution in [-0.4, -0.2) is 13.4 Å². The third-order valence-electron chi connectivity index (χ3n) is 3.00. The minimum absolute atomic E-state index is 0.0277. The van der Waals surface area contributed by atoms with E-state index in [1.165, 1.54) is 13.0 Å². The standard InChI is InChI=1S/C14H16FN3O2S/c1-9-4-3-5-12(18-9)8-17-21(19,20)14-7-11(16)6-13(15)10(14)2/h3-7,17H,8,16H2,1-2H3. The molecule has 0 amide bonds. The monoisotopic (exact) mass is 309 g/mol. The first-order valence-corrected chi connectivity index (χ1v) is 7.76. The van der Waals surface area contributed by atoms with Crippen LogP contribution in [-0.2, 0) is 16.6 Å². The maximum atomic E-state index is 13.6. The predicted octanol–water partition coefficient (Wildman–Crippen LogP) is 1.90. The van der Waals surface area contributed by atoms with Gasteiger partial charge in [0.15, 0.2) is 0 Å². The van der Waals surface area contributed by atoms with Gasteiger partial charge in [0.1, 0.15) is 5.82 Å². The quantitative estimate of drug-likeness (QED) is 0.845. The van der Waals surface area contributed by atoms with Crippen molar-refractivity contribution in [2.24, 2.45) is 0 Å². The molecule has 0 atom stereocenters. The molecule has 0 bridgehead atoms. The van der Waals surface area contributed by atoms with Crippen LogP contribution in [0.25, 0.3) is 0 Å². The number of nitrogens with two attached hydrogens (primary N) is 1. The van der Waals surface area contributed by atoms with Crippen molar-refractivity contribution >= 4 is 15.7 Å². The smallest absolute Gasteiger partial charge is 0.241 e. The van der Waals surface area contributed by atoms with Gasteiger partial charge in [0.2, 0.25) is 10.0 Å². The number of nitrogens with zero attached hydrogens (tertiary/aromatic N) is 1. The molecule has 112 valence electrons. The summed E-state index contributed by atoms with van der Waals surface area (Å²) in [4.78, 5) is 4.04. The highest BCUT2D eigenvalue weighted by Crippen LogP contribution is 2.21. The average molecular weight is 309 g/mol. The van der Waals surface area contributed by atoms with Crippen molar-refractivity contribution in [3.8, 4) is 0 Å². The van der Waals surface area contributed by atoms with Crippen LogP contribution >= 0.6 is 0 Å². The van der Waals surface area contributed by atoms with E-state index in [0.717, 1.165) is 11.8 Å². The van der Waals surface area contributed by atoms with Crippen LogP contribution in [0.5, 0.6) is 0 Å². The minimum Gasteiger partial charge on any atom is -0.399 e. The highest BCUT2D eigenvalue weighted by atomic mass is 32.2. The molecule has 0 radical (unpaired) electrons. The van der Waals surface area contributed by atoms with Gasteiger partial charge in [-0.15, -0.1) is 0 Å². The number of nitrogens with one attached hydrogen (secondary N) is 1. The molecule has 5 nitrogen and oxygen atoms in total. The zero-order valence-electron chi connectivity index (χ0n) is 11.7. The normalized spacial score (nSPS) is 11.6. The van der Waals surface area contributed by atoms with Crippen LogP contribution in [0, 0.1) is 19.7 Å². The Hall–Kier alpha value is -1.99. The first kappa shape index (κ1) is 15.4. The van der Waals surface area contributed by atoms with Crippen LogP contribution in [0.1, 0.15) is 17.0 Å². The molecule has 0 saturated carbocycles. The molecule has 0 fully saturated rings. The van der Waals surface area contributed by atoms with Crippen LogP contribution < -0.4 is 10.5 Å². The topological polar surface area (TPSA) is 85.1 Å². The number of hydrogen-bond donors (Lipinski definition) is 2. The molecular weight excluding hydrogens is 293 g/mol. The fourth-order valence-electron chi connectivity index (χ4n) is 1.90. The zero-order valence-corrected chi connectivity index (χ0v) is 12.5. The third-order valence-corrected chi connectivity index (χ3v) is 4.53. The van der Waals surface area contributed by atoms with Crippen LogP contribution in [0.4, 0.5) is 10.1 Å². The van der Waals surface area contributed by atoms with Gasteiger partial charge >= 0.3 is 0 Å². The lowest BCUT2D eigenvalue weighted by atomic mass is 10.2. The number of hydrogen-bond acceptors (Lipinski definition) is 4. The number of nitrogen functional groups attached to an aromatic ring is 1. The second kappa shape index (κ2) is 5.79. The molecule has 2 aromatic rings. The molecule has 1 aromatic carbocycles. The molecule has 0 aliphatic carbocycles. The Balaban J connectivity index is 2.27. The van der Waals surface area contributed by atoms with E-state index in [1.807, 2.05) is 13.0 Å². The summed E-state index contributed by atoms with van der Waals surface area (Å²) in [6.45, 7) is 3.24. The number of halogens is 1. The van der Waals surface area contributed by atoms with Gasteiger partial charge in [0, 0.05) is 16.9 Å². The van der Waals surface area contributed by atoms with Crippen LogP contribution in [0.15, 0.2) is 35.2 Å². The minimum atomic E-state index is -3.86. The number of rotatable bonds is 4. The molecule has 0 spiro atoms. The lowest BCUT2D eigenvalue weighted by Crippen LogP contribution is -2.25. The second-order valence-electron chi connectivity index (χ2n) is 4.72. The Morgan fingerprint density at radius 1 is 1.29 bits per heavy atom. The predicted molar refractivity (Wildman–Crippen MR) is 78.5 cm³/mol. The number of anilines is 1. The summed E-state index contributed by atoms with van der Waals surface area (Å²) in [7, 11) is -3.86. The van der Waals surface area contributed by atoms with Crippen molar-refractivity contribution in [1.82, 2.24) is 9.71 Å². The zero-order chi connectivity index (χ0) is 15.6. The highest BCUT2D eigenvalue weighted by Gasteiger charge is 2.19. The van der Waals surface area contributed by atoms with Crippen molar-refractivity contribution in [2.75, 3.05) is 5.73 Å². The Bertz CT molecular complexity index is 776. The van der Waals surface area contributed by atoms with E-state index in [9.17, 15) is 12.8 Å². The van der Waals surface area contributed by atoms with E-state index in [-0.39, 0.29) is 22.7 Å². The Morgan fingerprint density at radius 2 is 2.00 bits per heavy atom. The van der Waals surface area contributed by atoms with E-state index < -0.39 is 15.8 Å². The van der Waals surface area contributed by atoms with Crippen LogP contribution in [0.2, 0.25) is 0 Å². The van der Waals surface area contributed by atoms with Gasteiger partial charge in [0.25, 0.3) is 0 Å². The van der Waals surface area contributed by atoms with E-state index in [0.29, 0.717) is 5.69 Å². The largest absolute Gasteiger partial charge is 0.399 e. The molecule has 0 saturated heterocycles. The molecule has 3 N–H and O–H groups in total. The molecule has 21 heavy (non-hydrogen) atoms. The lowest BCUT2D eigenvalue weighted by Gasteiger charge is -2.11. The van der Waals surface area contributed by atoms with Crippen molar-refractivity contribution in [2.45, 2.75) is 25.3 Å². The summed E-state index contributed by atoms with van der Waals surface area (Å²) in [6.07, 6.45) is 0. The number of benzene rings is 1. The van der Waals surface area contributed by atoms with E-state index in [1.54, 1.807) is 12.1 Å². The highest BCUT2D eigenvalue weighted by molar-refractivity contribution is 7.89. The summed E-state index contributed by atoms with van der Waals surface area (Å²) in [5, 5.41) is 0. The van der Waals surface area contributed by atoms with Gasteiger partial charge in [-0.05, 0) is 38.1 Å². The second-order valence-corrected chi connectivity index (χ2v) is 6.46. The number of sulfonamides is 1. The van der Waals surface area contributed by atoms with E-state index in [4.69, 9.17) is 5.73 Å². The van der Waals surface area contributed by atoms with Crippen molar-refractivity contribution in [3.05, 3.63) is 53.1 Å². The van der Waals surface area contributed by atoms with Gasteiger partial charge in [-0.3, -0.25) is 4.98 Å². The molecule has 1 aromatic heterocycles. The average Bonchev–Trinajstić information content (AvgIpc) is 2.41. The van der Waals surface area contributed by atoms with Crippen molar-refractivity contribution < 1.29 is 12.8 Å². The molecule has 0 aliphatic heterocycles. The molecule has 0 unspecified atom stereocenters. The summed E-state index contributed by atoms with van der Waals surface area (Å²) >= 11 is 0. The van der Waals surface area contributed by atoms with E-state index >= 15 is 0 Å². The number of pyridine rings is 1. The molecular formula is C14H16FN3O2S. The van der Waals surface area contributed by atoms with Crippen LogP contribution in [0.3, 0.4) is 0 Å². The summed E-state index contributed by atoms with van der Waals surface area (Å²) in [5.74, 6) is -0.649. The maximum Gasteiger partial charge on any atom is 0.241 e. The lowest BCUT2D eigenvalue weighted by molar-refractivity contribution is 0.574. The maximum absolute atomic E-state index is 13.6. The van der Waals surface area contributed by atoms with Crippen molar-refractivity contribution in [1.29, 1.82) is 0 Å². The Labute approximate surface area is 123 Å². The molecule has 2 rings (SSSR count). The van der Waals surface area contributed by atoms with Gasteiger partial charge in [-0.1, -0.05) is 6.07 Å². The summed E-state index contributed by atoms with van der Waals surface area (Å²) in [5.41, 5.74) is 6.98. The van der Waals surface area contributed by atoms with Gasteiger partial charge in [-0.2, -0.15) is 0 Å². The Kier molecular flexibility index (Phi) is 4.24. The summed E-state index contributed by atoms with van der Waals surface area (Å²) in [6, 6.07) is 7.65. The SMILES string of the molecule is Cc1cccc(CNS(=O)(=O)c2cc(N)cc(F)c2C)n1. The van der Waals surface area contributed by atoms with Gasteiger partial charge in [0.05, 0.1) is 17.1 Å². The van der Waals surface area contributed by atoms with Crippen molar-refractivity contribution in [3.63, 3.8) is 0 Å². The molecule has 0 aliphatic rings. The number of aryl methyl sites for hydroxylation is 1. The molecule has 1 heterocycles. The van der Waals surface area contributed by atoms with Gasteiger partial charge in [-0.25, -0.2) is 17.5 Å². The Morgan fingerprint density at radius 3 is 2.67 bits per heavy atom. The van der Waals surface area contributed by atoms with E-state index in [2.05, 4.69) is 9.71 Å². The van der Waals surface area contributed by atoms with Gasteiger partial charge < -0.3 is 5.73 Å². The first-order chi connectivity index (χ1) is 9.79. The summed E-state index contributed by atoms with van der Waals surface area (Å²) < 4.78 is 40.5. The third kappa shape index (κ3) is 3.56. The molecule has 7 heteroatoms.